The molecule has 102 valence electrons. The standard InChI is InChI=1S/C14H23NO3/c1-13(2,3)18-12(17)15-8-6-14(10-16,7-9-15)11-4-5-11/h10-11H,4-9H2,1-3H3. The van der Waals surface area contributed by atoms with E-state index in [0.717, 1.165) is 19.1 Å². The Morgan fingerprint density at radius 2 is 1.83 bits per heavy atom. The Bertz CT molecular complexity index is 333. The summed E-state index contributed by atoms with van der Waals surface area (Å²) in [5, 5.41) is 0. The van der Waals surface area contributed by atoms with Gasteiger partial charge in [-0.25, -0.2) is 4.79 Å². The smallest absolute Gasteiger partial charge is 0.410 e. The molecule has 0 bridgehead atoms. The van der Waals surface area contributed by atoms with Gasteiger partial charge in [0.15, 0.2) is 0 Å². The van der Waals surface area contributed by atoms with Crippen LogP contribution in [0.3, 0.4) is 0 Å². The Hall–Kier alpha value is -1.06. The van der Waals surface area contributed by atoms with Crippen molar-refractivity contribution in [3.8, 4) is 0 Å². The molecule has 0 unspecified atom stereocenters. The van der Waals surface area contributed by atoms with Crippen LogP contribution in [-0.4, -0.2) is 36.0 Å². The normalized spacial score (nSPS) is 23.6. The first kappa shape index (κ1) is 13.4. The molecule has 1 aliphatic heterocycles. The molecule has 1 heterocycles. The van der Waals surface area contributed by atoms with E-state index >= 15 is 0 Å². The van der Waals surface area contributed by atoms with E-state index in [9.17, 15) is 9.59 Å². The number of carbonyl (C=O) groups excluding carboxylic acids is 2. The van der Waals surface area contributed by atoms with E-state index in [1.165, 1.54) is 12.8 Å². The summed E-state index contributed by atoms with van der Waals surface area (Å²) in [6, 6.07) is 0. The monoisotopic (exact) mass is 253 g/mol. The fraction of sp³-hybridized carbons (Fsp3) is 0.857. The SMILES string of the molecule is CC(C)(C)OC(=O)N1CCC(C=O)(C2CC2)CC1. The Kier molecular flexibility index (Phi) is 3.39. The van der Waals surface area contributed by atoms with E-state index in [0.29, 0.717) is 19.0 Å². The molecule has 2 fully saturated rings. The highest BCUT2D eigenvalue weighted by Crippen LogP contribution is 2.50. The van der Waals surface area contributed by atoms with Crippen molar-refractivity contribution >= 4 is 12.4 Å². The molecular formula is C14H23NO3. The lowest BCUT2D eigenvalue weighted by Gasteiger charge is -2.38. The van der Waals surface area contributed by atoms with E-state index < -0.39 is 5.60 Å². The van der Waals surface area contributed by atoms with Crippen molar-refractivity contribution in [1.82, 2.24) is 4.90 Å². The summed E-state index contributed by atoms with van der Waals surface area (Å²) < 4.78 is 5.35. The van der Waals surface area contributed by atoms with Gasteiger partial charge in [-0.2, -0.15) is 0 Å². The molecule has 0 atom stereocenters. The van der Waals surface area contributed by atoms with Crippen LogP contribution < -0.4 is 0 Å². The maximum Gasteiger partial charge on any atom is 0.410 e. The minimum atomic E-state index is -0.452. The van der Waals surface area contributed by atoms with Crippen LogP contribution in [0, 0.1) is 11.3 Å². The number of nitrogens with zero attached hydrogens (tertiary/aromatic N) is 1. The third-order valence-electron chi connectivity index (χ3n) is 3.97. The molecule has 0 spiro atoms. The van der Waals surface area contributed by atoms with Gasteiger partial charge in [-0.1, -0.05) is 0 Å². The first-order valence-corrected chi connectivity index (χ1v) is 6.81. The van der Waals surface area contributed by atoms with E-state index in [2.05, 4.69) is 0 Å². The number of likely N-dealkylation sites (tertiary alicyclic amines) is 1. The second kappa shape index (κ2) is 4.56. The maximum absolute atomic E-state index is 11.9. The number of piperidine rings is 1. The highest BCUT2D eigenvalue weighted by atomic mass is 16.6. The molecule has 4 heteroatoms. The van der Waals surface area contributed by atoms with Gasteiger partial charge in [0.2, 0.25) is 0 Å². The lowest BCUT2D eigenvalue weighted by atomic mass is 9.75. The number of ether oxygens (including phenoxy) is 1. The lowest BCUT2D eigenvalue weighted by Crippen LogP contribution is -2.46. The van der Waals surface area contributed by atoms with Crippen LogP contribution in [0.4, 0.5) is 4.79 Å². The Morgan fingerprint density at radius 1 is 1.28 bits per heavy atom. The van der Waals surface area contributed by atoms with Gasteiger partial charge in [-0.05, 0) is 52.4 Å². The quantitative estimate of drug-likeness (QED) is 0.711. The summed E-state index contributed by atoms with van der Waals surface area (Å²) in [4.78, 5) is 25.0. The van der Waals surface area contributed by atoms with Gasteiger partial charge in [0.25, 0.3) is 0 Å². The third kappa shape index (κ3) is 2.85. The van der Waals surface area contributed by atoms with Gasteiger partial charge >= 0.3 is 6.09 Å². The van der Waals surface area contributed by atoms with E-state index in [-0.39, 0.29) is 11.5 Å². The summed E-state index contributed by atoms with van der Waals surface area (Å²) in [6.07, 6.45) is 4.81. The minimum Gasteiger partial charge on any atom is -0.444 e. The van der Waals surface area contributed by atoms with Crippen LogP contribution >= 0.6 is 0 Å². The topological polar surface area (TPSA) is 46.6 Å². The Labute approximate surface area is 109 Å². The van der Waals surface area contributed by atoms with Crippen LogP contribution in [0.25, 0.3) is 0 Å². The predicted molar refractivity (Wildman–Crippen MR) is 68.3 cm³/mol. The van der Waals surface area contributed by atoms with Crippen molar-refractivity contribution in [2.75, 3.05) is 13.1 Å². The second-order valence-electron chi connectivity index (χ2n) is 6.59. The molecule has 1 aliphatic carbocycles. The molecule has 4 nitrogen and oxygen atoms in total. The highest BCUT2D eigenvalue weighted by Gasteiger charge is 2.47. The average molecular weight is 253 g/mol. The second-order valence-corrected chi connectivity index (χ2v) is 6.59. The zero-order valence-electron chi connectivity index (χ0n) is 11.6. The molecular weight excluding hydrogens is 230 g/mol. The van der Waals surface area contributed by atoms with E-state index in [1.807, 2.05) is 20.8 Å². The molecule has 2 aliphatic rings. The van der Waals surface area contributed by atoms with Crippen molar-refractivity contribution in [1.29, 1.82) is 0 Å². The van der Waals surface area contributed by atoms with Crippen LogP contribution in [-0.2, 0) is 9.53 Å². The number of rotatable bonds is 2. The number of aldehydes is 1. The number of carbonyl (C=O) groups is 2. The lowest BCUT2D eigenvalue weighted by molar-refractivity contribution is -0.120. The van der Waals surface area contributed by atoms with Crippen LogP contribution in [0.15, 0.2) is 0 Å². The zero-order chi connectivity index (χ0) is 13.4. The first-order valence-electron chi connectivity index (χ1n) is 6.81. The molecule has 0 aromatic carbocycles. The molecule has 0 N–H and O–H groups in total. The fourth-order valence-corrected chi connectivity index (χ4v) is 2.71. The average Bonchev–Trinajstić information content (AvgIpc) is 3.11. The van der Waals surface area contributed by atoms with Gasteiger partial charge in [0, 0.05) is 18.5 Å². The predicted octanol–water partition coefficient (Wildman–Crippen LogP) is 2.61. The third-order valence-corrected chi connectivity index (χ3v) is 3.97. The zero-order valence-corrected chi connectivity index (χ0v) is 11.6. The largest absolute Gasteiger partial charge is 0.444 e. The van der Waals surface area contributed by atoms with Gasteiger partial charge in [0.05, 0.1) is 0 Å². The molecule has 18 heavy (non-hydrogen) atoms. The highest BCUT2D eigenvalue weighted by molar-refractivity contribution is 5.69. The van der Waals surface area contributed by atoms with Crippen molar-refractivity contribution in [2.24, 2.45) is 11.3 Å². The van der Waals surface area contributed by atoms with Gasteiger partial charge in [0.1, 0.15) is 11.9 Å². The van der Waals surface area contributed by atoms with Crippen molar-refractivity contribution in [3.05, 3.63) is 0 Å². The number of hydrogen-bond donors (Lipinski definition) is 0. The minimum absolute atomic E-state index is 0.154. The Morgan fingerprint density at radius 3 is 2.22 bits per heavy atom. The fourth-order valence-electron chi connectivity index (χ4n) is 2.71. The Balaban J connectivity index is 1.90. The summed E-state index contributed by atoms with van der Waals surface area (Å²) in [5.41, 5.74) is -0.606. The molecule has 1 saturated carbocycles. The summed E-state index contributed by atoms with van der Waals surface area (Å²) >= 11 is 0. The van der Waals surface area contributed by atoms with Gasteiger partial charge in [-0.15, -0.1) is 0 Å². The van der Waals surface area contributed by atoms with Crippen molar-refractivity contribution in [3.63, 3.8) is 0 Å². The van der Waals surface area contributed by atoms with Gasteiger partial charge in [-0.3, -0.25) is 0 Å². The molecule has 1 amide bonds. The molecule has 1 saturated heterocycles. The summed E-state index contributed by atoms with van der Waals surface area (Å²) in [7, 11) is 0. The van der Waals surface area contributed by atoms with Crippen molar-refractivity contribution < 1.29 is 14.3 Å². The van der Waals surface area contributed by atoms with Gasteiger partial charge < -0.3 is 14.4 Å². The maximum atomic E-state index is 11.9. The molecule has 0 radical (unpaired) electrons. The van der Waals surface area contributed by atoms with E-state index in [1.54, 1.807) is 4.90 Å². The number of amides is 1. The van der Waals surface area contributed by atoms with Crippen LogP contribution in [0.1, 0.15) is 46.5 Å². The number of hydrogen-bond acceptors (Lipinski definition) is 3. The summed E-state index contributed by atoms with van der Waals surface area (Å²) in [6.45, 7) is 6.90. The van der Waals surface area contributed by atoms with E-state index in [4.69, 9.17) is 4.74 Å². The first-order chi connectivity index (χ1) is 8.36. The summed E-state index contributed by atoms with van der Waals surface area (Å²) in [5.74, 6) is 0.566. The molecule has 0 aromatic rings. The van der Waals surface area contributed by atoms with Crippen molar-refractivity contribution in [2.45, 2.75) is 52.1 Å². The molecule has 0 aromatic heterocycles. The van der Waals surface area contributed by atoms with Crippen LogP contribution in [0.2, 0.25) is 0 Å². The molecule has 2 rings (SSSR count). The van der Waals surface area contributed by atoms with Crippen LogP contribution in [0.5, 0.6) is 0 Å².